The minimum absolute atomic E-state index is 0.0786. The number of thioether (sulfide) groups is 1. The van der Waals surface area contributed by atoms with Gasteiger partial charge in [0.05, 0.1) is 17.1 Å². The van der Waals surface area contributed by atoms with Crippen LogP contribution in [0, 0.1) is 6.92 Å². The number of para-hydroxylation sites is 1. The second kappa shape index (κ2) is 10.4. The summed E-state index contributed by atoms with van der Waals surface area (Å²) in [6.45, 7) is 2.04. The number of carbonyl (C=O) groups is 1. The maximum Gasteiger partial charge on any atom is 0.295 e. The number of fused-ring (bicyclic) bond motifs is 1. The third-order valence-corrected chi connectivity index (χ3v) is 7.20. The lowest BCUT2D eigenvalue weighted by molar-refractivity contribution is -0.113. The number of carbonyl (C=O) groups excluding carboxylic acids is 1. The molecule has 0 aliphatic heterocycles. The normalized spacial score (nSPS) is 11.1. The van der Waals surface area contributed by atoms with Crippen molar-refractivity contribution >= 4 is 34.1 Å². The van der Waals surface area contributed by atoms with Gasteiger partial charge in [0.1, 0.15) is 18.0 Å². The van der Waals surface area contributed by atoms with E-state index in [1.54, 1.807) is 23.2 Å². The first-order chi connectivity index (χ1) is 17.9. The van der Waals surface area contributed by atoms with Crippen molar-refractivity contribution < 1.29 is 9.53 Å². The maximum absolute atomic E-state index is 13.0. The molecule has 37 heavy (non-hydrogen) atoms. The Labute approximate surface area is 217 Å². The lowest BCUT2D eigenvalue weighted by atomic mass is 10.1. The van der Waals surface area contributed by atoms with E-state index in [0.717, 1.165) is 22.2 Å². The molecule has 5 rings (SSSR count). The Hall–Kier alpha value is -4.31. The Kier molecular flexibility index (Phi) is 6.82. The second-order valence-electron chi connectivity index (χ2n) is 8.50. The molecule has 0 radical (unpaired) electrons. The van der Waals surface area contributed by atoms with Crippen LogP contribution in [0.1, 0.15) is 11.5 Å². The van der Waals surface area contributed by atoms with Gasteiger partial charge in [0.15, 0.2) is 11.0 Å². The van der Waals surface area contributed by atoms with E-state index in [-0.39, 0.29) is 29.5 Å². The molecule has 2 aromatic heterocycles. The minimum atomic E-state index is -0.299. The summed E-state index contributed by atoms with van der Waals surface area (Å²) in [5.41, 5.74) is 1.37. The van der Waals surface area contributed by atoms with Crippen molar-refractivity contribution in [2.24, 2.45) is 14.1 Å². The molecule has 0 saturated carbocycles. The topological polar surface area (TPSA) is 96.0 Å². The summed E-state index contributed by atoms with van der Waals surface area (Å²) in [7, 11) is 3.62. The van der Waals surface area contributed by atoms with Crippen molar-refractivity contribution in [2.45, 2.75) is 18.7 Å². The number of hydrogen-bond acceptors (Lipinski definition) is 6. The molecule has 0 unspecified atom stereocenters. The zero-order valence-electron chi connectivity index (χ0n) is 20.7. The molecule has 5 aromatic rings. The number of aromatic nitrogens is 5. The summed E-state index contributed by atoms with van der Waals surface area (Å²) in [6.07, 6.45) is 0. The van der Waals surface area contributed by atoms with Crippen LogP contribution in [0.25, 0.3) is 16.5 Å². The van der Waals surface area contributed by atoms with Gasteiger partial charge < -0.3 is 14.6 Å². The number of hydrogen-bond donors (Lipinski definition) is 1. The van der Waals surface area contributed by atoms with Crippen LogP contribution in [0.3, 0.4) is 0 Å². The van der Waals surface area contributed by atoms with Crippen LogP contribution in [0.4, 0.5) is 5.69 Å². The van der Waals surface area contributed by atoms with Crippen LogP contribution in [0.5, 0.6) is 5.75 Å². The van der Waals surface area contributed by atoms with E-state index in [4.69, 9.17) is 4.74 Å². The molecule has 1 amide bonds. The fourth-order valence-electron chi connectivity index (χ4n) is 4.08. The molecular formula is C27H26N6O3S. The molecule has 9 nitrogen and oxygen atoms in total. The predicted octanol–water partition coefficient (Wildman–Crippen LogP) is 4.08. The highest BCUT2D eigenvalue weighted by molar-refractivity contribution is 7.99. The van der Waals surface area contributed by atoms with E-state index < -0.39 is 0 Å². The first-order valence-corrected chi connectivity index (χ1v) is 12.7. The third-order valence-electron chi connectivity index (χ3n) is 6.18. The van der Waals surface area contributed by atoms with Crippen LogP contribution >= 0.6 is 11.8 Å². The SMILES string of the molecule is Cc1c(NC(=O)CSc2nnc(COc3cccc4ccccc34)n2C)c(=O)n(-c2ccccc2)n1C. The molecule has 3 aromatic carbocycles. The van der Waals surface area contributed by atoms with Crippen LogP contribution < -0.4 is 15.6 Å². The number of nitrogens with one attached hydrogen (secondary N) is 1. The molecule has 1 N–H and O–H groups in total. The quantitative estimate of drug-likeness (QED) is 0.314. The fraction of sp³-hybridized carbons (Fsp3) is 0.185. The summed E-state index contributed by atoms with van der Waals surface area (Å²) in [4.78, 5) is 25.8. The molecule has 0 fully saturated rings. The molecule has 2 heterocycles. The number of amides is 1. The van der Waals surface area contributed by atoms with Crippen molar-refractivity contribution in [2.75, 3.05) is 11.1 Å². The zero-order valence-corrected chi connectivity index (χ0v) is 21.5. The average Bonchev–Trinajstić information content (AvgIpc) is 3.37. The largest absolute Gasteiger partial charge is 0.485 e. The van der Waals surface area contributed by atoms with Crippen LogP contribution in [0.2, 0.25) is 0 Å². The minimum Gasteiger partial charge on any atom is -0.485 e. The van der Waals surface area contributed by atoms with Crippen LogP contribution in [-0.4, -0.2) is 35.8 Å². The van der Waals surface area contributed by atoms with Gasteiger partial charge in [-0.3, -0.25) is 14.3 Å². The number of benzene rings is 3. The molecule has 0 atom stereocenters. The molecular weight excluding hydrogens is 488 g/mol. The Morgan fingerprint density at radius 1 is 0.973 bits per heavy atom. The van der Waals surface area contributed by atoms with E-state index in [1.807, 2.05) is 79.8 Å². The number of rotatable bonds is 8. The summed E-state index contributed by atoms with van der Waals surface area (Å²) >= 11 is 1.24. The highest BCUT2D eigenvalue weighted by Crippen LogP contribution is 2.26. The van der Waals surface area contributed by atoms with Gasteiger partial charge in [-0.05, 0) is 30.5 Å². The van der Waals surface area contributed by atoms with Crippen molar-refractivity contribution in [3.05, 3.63) is 94.7 Å². The highest BCUT2D eigenvalue weighted by Gasteiger charge is 2.19. The van der Waals surface area contributed by atoms with Crippen molar-refractivity contribution in [3.63, 3.8) is 0 Å². The fourth-order valence-corrected chi connectivity index (χ4v) is 4.81. The monoisotopic (exact) mass is 514 g/mol. The van der Waals surface area contributed by atoms with Crippen molar-refractivity contribution in [1.82, 2.24) is 24.1 Å². The van der Waals surface area contributed by atoms with Gasteiger partial charge in [0, 0.05) is 19.5 Å². The Bertz CT molecular complexity index is 1630. The van der Waals surface area contributed by atoms with Gasteiger partial charge in [-0.25, -0.2) is 4.68 Å². The van der Waals surface area contributed by atoms with E-state index in [1.165, 1.54) is 16.4 Å². The van der Waals surface area contributed by atoms with Gasteiger partial charge in [-0.15, -0.1) is 10.2 Å². The molecule has 10 heteroatoms. The number of anilines is 1. The average molecular weight is 515 g/mol. The van der Waals surface area contributed by atoms with E-state index >= 15 is 0 Å². The third kappa shape index (κ3) is 4.88. The molecule has 0 aliphatic rings. The number of ether oxygens (including phenoxy) is 1. The predicted molar refractivity (Wildman–Crippen MR) is 144 cm³/mol. The smallest absolute Gasteiger partial charge is 0.295 e. The zero-order chi connectivity index (χ0) is 25.9. The van der Waals surface area contributed by atoms with Gasteiger partial charge in [0.2, 0.25) is 5.91 Å². The van der Waals surface area contributed by atoms with E-state index in [9.17, 15) is 9.59 Å². The van der Waals surface area contributed by atoms with Crippen molar-refractivity contribution in [3.8, 4) is 11.4 Å². The molecule has 0 bridgehead atoms. The lowest BCUT2D eigenvalue weighted by Gasteiger charge is -2.09. The summed E-state index contributed by atoms with van der Waals surface area (Å²) < 4.78 is 11.1. The van der Waals surface area contributed by atoms with Gasteiger partial charge in [-0.1, -0.05) is 66.4 Å². The van der Waals surface area contributed by atoms with E-state index in [2.05, 4.69) is 15.5 Å². The van der Waals surface area contributed by atoms with E-state index in [0.29, 0.717) is 16.7 Å². The summed E-state index contributed by atoms with van der Waals surface area (Å²) in [5.74, 6) is 1.19. The van der Waals surface area contributed by atoms with Gasteiger partial charge in [0.25, 0.3) is 5.56 Å². The van der Waals surface area contributed by atoms with Crippen molar-refractivity contribution in [1.29, 1.82) is 0 Å². The Morgan fingerprint density at radius 2 is 1.70 bits per heavy atom. The lowest BCUT2D eigenvalue weighted by Crippen LogP contribution is -2.23. The van der Waals surface area contributed by atoms with Gasteiger partial charge >= 0.3 is 0 Å². The molecule has 0 spiro atoms. The molecule has 0 aliphatic carbocycles. The summed E-state index contributed by atoms with van der Waals surface area (Å²) in [6, 6.07) is 23.3. The van der Waals surface area contributed by atoms with Crippen LogP contribution in [-0.2, 0) is 25.5 Å². The second-order valence-corrected chi connectivity index (χ2v) is 9.44. The maximum atomic E-state index is 13.0. The number of nitrogens with zero attached hydrogens (tertiary/aromatic N) is 5. The molecule has 188 valence electrons. The first kappa shape index (κ1) is 24.4. The summed E-state index contributed by atoms with van der Waals surface area (Å²) in [5, 5.41) is 13.9. The van der Waals surface area contributed by atoms with Gasteiger partial charge in [-0.2, -0.15) is 0 Å². The first-order valence-electron chi connectivity index (χ1n) is 11.7. The van der Waals surface area contributed by atoms with Crippen LogP contribution in [0.15, 0.2) is 82.7 Å². The standard InChI is InChI=1S/C27H26N6O3S/c1-18-25(26(35)33(32(18)3)20-12-5-4-6-13-20)28-24(34)17-37-27-30-29-23(31(27)2)16-36-22-15-9-11-19-10-7-8-14-21(19)22/h4-15H,16-17H2,1-3H3,(H,28,34). The Balaban J connectivity index is 1.23. The highest BCUT2D eigenvalue weighted by atomic mass is 32.2. The Morgan fingerprint density at radius 3 is 2.51 bits per heavy atom. The molecule has 0 saturated heterocycles.